The summed E-state index contributed by atoms with van der Waals surface area (Å²) in [6.07, 6.45) is 10.5. The van der Waals surface area contributed by atoms with Crippen LogP contribution < -0.4 is 14.8 Å². The molecule has 10 nitrogen and oxygen atoms in total. The number of carbonyl (C=O) groups is 1. The van der Waals surface area contributed by atoms with Gasteiger partial charge in [0.05, 0.1) is 24.2 Å². The van der Waals surface area contributed by atoms with Crippen LogP contribution in [-0.4, -0.2) is 53.7 Å². The van der Waals surface area contributed by atoms with Crippen LogP contribution in [0.2, 0.25) is 0 Å². The Kier molecular flexibility index (Phi) is 9.81. The Morgan fingerprint density at radius 1 is 0.979 bits per heavy atom. The van der Waals surface area contributed by atoms with E-state index in [9.17, 15) is 13.2 Å². The molecule has 3 heterocycles. The second-order valence-electron chi connectivity index (χ2n) is 14.5. The monoisotopic (exact) mass is 672 g/mol. The number of hydrogen-bond acceptors (Lipinski definition) is 7. The Balaban J connectivity index is 1.09. The van der Waals surface area contributed by atoms with Crippen molar-refractivity contribution in [3.8, 4) is 5.75 Å². The maximum Gasteiger partial charge on any atom is 0.229 e. The molecule has 2 aromatic carbocycles. The van der Waals surface area contributed by atoms with Crippen molar-refractivity contribution in [1.82, 2.24) is 19.5 Å². The van der Waals surface area contributed by atoms with E-state index in [0.717, 1.165) is 67.7 Å². The van der Waals surface area contributed by atoms with Crippen molar-refractivity contribution in [2.75, 3.05) is 29.9 Å². The molecule has 1 fully saturated rings. The van der Waals surface area contributed by atoms with E-state index in [1.165, 1.54) is 24.0 Å². The predicted octanol–water partition coefficient (Wildman–Crippen LogP) is 7.36. The zero-order chi connectivity index (χ0) is 34.1. The van der Waals surface area contributed by atoms with E-state index in [0.29, 0.717) is 23.7 Å². The van der Waals surface area contributed by atoms with Crippen molar-refractivity contribution in [2.45, 2.75) is 95.6 Å². The number of carbonyl (C=O) groups excluding carboxylic acids is 1. The standard InChI is InChI=1S/C37H48N6O4S/c1-37(2,3)26-21-27(23-28(22-26)41-48(5,45)46)38-35(44)15-10-11-25-16-18-33(31-13-7-6-12-30(25)31)47-29-17-19-34-39-40-36(43(34)24-29)32-14-8-9-20-42(32)4/h6-7,12-13,17,19,21-25,32-33,41H,8-11,14-16,18,20H2,1-5H3,(H,38,44)/t25-,32?,33+/m0/s1. The maximum absolute atomic E-state index is 13.0. The minimum atomic E-state index is -3.45. The molecule has 1 amide bonds. The van der Waals surface area contributed by atoms with E-state index in [-0.39, 0.29) is 23.5 Å². The number of hydrogen-bond donors (Lipinski definition) is 2. The molecule has 6 rings (SSSR count). The minimum absolute atomic E-state index is 0.0553. The van der Waals surface area contributed by atoms with Gasteiger partial charge in [-0.1, -0.05) is 51.5 Å². The van der Waals surface area contributed by atoms with Crippen LogP contribution in [0.25, 0.3) is 5.65 Å². The fraction of sp³-hybridized carbons (Fsp3) is 0.486. The molecule has 256 valence electrons. The van der Waals surface area contributed by atoms with Crippen molar-refractivity contribution < 1.29 is 17.9 Å². The smallest absolute Gasteiger partial charge is 0.229 e. The molecule has 2 aromatic heterocycles. The number of ether oxygens (including phenoxy) is 1. The van der Waals surface area contributed by atoms with Gasteiger partial charge >= 0.3 is 0 Å². The van der Waals surface area contributed by atoms with Gasteiger partial charge in [0.15, 0.2) is 11.5 Å². The van der Waals surface area contributed by atoms with Gasteiger partial charge in [0.25, 0.3) is 0 Å². The first-order valence-corrected chi connectivity index (χ1v) is 19.0. The van der Waals surface area contributed by atoms with Crippen molar-refractivity contribution in [1.29, 1.82) is 0 Å². The third-order valence-electron chi connectivity index (χ3n) is 9.65. The molecule has 0 spiro atoms. The van der Waals surface area contributed by atoms with Crippen LogP contribution in [0, 0.1) is 0 Å². The number of nitrogens with one attached hydrogen (secondary N) is 2. The number of sulfonamides is 1. The van der Waals surface area contributed by atoms with Gasteiger partial charge in [-0.15, -0.1) is 10.2 Å². The summed E-state index contributed by atoms with van der Waals surface area (Å²) < 4.78 is 35.1. The van der Waals surface area contributed by atoms with Gasteiger partial charge in [0, 0.05) is 12.1 Å². The maximum atomic E-state index is 13.0. The number of rotatable bonds is 10. The number of piperidine rings is 1. The minimum Gasteiger partial charge on any atom is -0.484 e. The van der Waals surface area contributed by atoms with E-state index in [2.05, 4.69) is 81.6 Å². The summed E-state index contributed by atoms with van der Waals surface area (Å²) in [5, 5.41) is 12.0. The highest BCUT2D eigenvalue weighted by Crippen LogP contribution is 2.42. The molecular weight excluding hydrogens is 625 g/mol. The molecule has 1 saturated heterocycles. The van der Waals surface area contributed by atoms with Gasteiger partial charge in [0.2, 0.25) is 15.9 Å². The zero-order valence-electron chi connectivity index (χ0n) is 28.7. The second-order valence-corrected chi connectivity index (χ2v) is 16.3. The molecule has 1 aliphatic carbocycles. The molecule has 1 unspecified atom stereocenters. The highest BCUT2D eigenvalue weighted by atomic mass is 32.2. The average Bonchev–Trinajstić information content (AvgIpc) is 3.44. The fourth-order valence-electron chi connectivity index (χ4n) is 7.15. The highest BCUT2D eigenvalue weighted by molar-refractivity contribution is 7.92. The van der Waals surface area contributed by atoms with Crippen molar-refractivity contribution in [2.24, 2.45) is 0 Å². The van der Waals surface area contributed by atoms with Crippen LogP contribution >= 0.6 is 0 Å². The number of pyridine rings is 1. The van der Waals surface area contributed by atoms with Crippen molar-refractivity contribution >= 4 is 33.0 Å². The number of aromatic nitrogens is 3. The third kappa shape index (κ3) is 8.01. The van der Waals surface area contributed by atoms with Gasteiger partial charge in [-0.05, 0) is 110 Å². The molecule has 4 aromatic rings. The molecular formula is C37H48N6O4S. The van der Waals surface area contributed by atoms with Crippen LogP contribution in [0.15, 0.2) is 60.8 Å². The van der Waals surface area contributed by atoms with Crippen LogP contribution in [0.5, 0.6) is 5.75 Å². The molecule has 11 heteroatoms. The zero-order valence-corrected chi connectivity index (χ0v) is 29.5. The van der Waals surface area contributed by atoms with Gasteiger partial charge in [-0.3, -0.25) is 18.8 Å². The molecule has 1 aliphatic heterocycles. The number of nitrogens with zero attached hydrogens (tertiary/aromatic N) is 4. The molecule has 0 saturated carbocycles. The third-order valence-corrected chi connectivity index (χ3v) is 10.3. The van der Waals surface area contributed by atoms with Crippen LogP contribution in [0.1, 0.15) is 113 Å². The lowest BCUT2D eigenvalue weighted by Crippen LogP contribution is -2.30. The Bertz CT molecular complexity index is 1880. The van der Waals surface area contributed by atoms with E-state index >= 15 is 0 Å². The number of benzene rings is 2. The Hall–Kier alpha value is -3.96. The van der Waals surface area contributed by atoms with Gasteiger partial charge in [0.1, 0.15) is 11.9 Å². The number of likely N-dealkylation sites (tertiary alicyclic amines) is 1. The molecule has 48 heavy (non-hydrogen) atoms. The molecule has 2 aliphatic rings. The Morgan fingerprint density at radius 3 is 2.50 bits per heavy atom. The largest absolute Gasteiger partial charge is 0.484 e. The van der Waals surface area contributed by atoms with E-state index in [4.69, 9.17) is 4.74 Å². The van der Waals surface area contributed by atoms with E-state index in [1.807, 2.05) is 30.5 Å². The fourth-order valence-corrected chi connectivity index (χ4v) is 7.70. The summed E-state index contributed by atoms with van der Waals surface area (Å²) in [5.41, 5.74) is 5.07. The molecule has 0 radical (unpaired) electrons. The normalized spacial score (nSPS) is 20.3. The number of anilines is 2. The lowest BCUT2D eigenvalue weighted by Gasteiger charge is -2.32. The van der Waals surface area contributed by atoms with Crippen molar-refractivity contribution in [3.05, 3.63) is 83.3 Å². The van der Waals surface area contributed by atoms with Crippen LogP contribution in [0.4, 0.5) is 11.4 Å². The highest BCUT2D eigenvalue weighted by Gasteiger charge is 2.29. The van der Waals surface area contributed by atoms with Crippen molar-refractivity contribution in [3.63, 3.8) is 0 Å². The first-order valence-electron chi connectivity index (χ1n) is 17.1. The molecule has 0 bridgehead atoms. The summed E-state index contributed by atoms with van der Waals surface area (Å²) in [5.74, 6) is 2.04. The summed E-state index contributed by atoms with van der Waals surface area (Å²) in [7, 11) is -1.29. The van der Waals surface area contributed by atoms with Gasteiger partial charge < -0.3 is 10.1 Å². The van der Waals surface area contributed by atoms with E-state index < -0.39 is 10.0 Å². The summed E-state index contributed by atoms with van der Waals surface area (Å²) in [6, 6.07) is 18.2. The topological polar surface area (TPSA) is 118 Å². The lowest BCUT2D eigenvalue weighted by molar-refractivity contribution is -0.116. The molecule has 3 atom stereocenters. The summed E-state index contributed by atoms with van der Waals surface area (Å²) in [4.78, 5) is 15.4. The Labute approximate surface area is 284 Å². The first kappa shape index (κ1) is 33.9. The van der Waals surface area contributed by atoms with Crippen LogP contribution in [0.3, 0.4) is 0 Å². The van der Waals surface area contributed by atoms with Gasteiger partial charge in [-0.2, -0.15) is 0 Å². The second kappa shape index (κ2) is 13.9. The van der Waals surface area contributed by atoms with E-state index in [1.54, 1.807) is 6.07 Å². The lowest BCUT2D eigenvalue weighted by atomic mass is 9.79. The summed E-state index contributed by atoms with van der Waals surface area (Å²) >= 11 is 0. The summed E-state index contributed by atoms with van der Waals surface area (Å²) in [6.45, 7) is 7.23. The van der Waals surface area contributed by atoms with Crippen LogP contribution in [-0.2, 0) is 20.2 Å². The predicted molar refractivity (Wildman–Crippen MR) is 190 cm³/mol. The SMILES string of the molecule is CN1CCCCC1c1nnc2ccc(O[C@@H]3CC[C@H](CCCC(=O)Nc4cc(NS(C)(=O)=O)cc(C(C)(C)C)c4)c4ccccc43)cn12. The quantitative estimate of drug-likeness (QED) is 0.181. The Morgan fingerprint density at radius 2 is 1.75 bits per heavy atom. The first-order chi connectivity index (χ1) is 22.8. The number of amides is 1. The van der Waals surface area contributed by atoms with Gasteiger partial charge in [-0.25, -0.2) is 8.42 Å². The molecule has 2 N–H and O–H groups in total. The average molecular weight is 673 g/mol. The number of fused-ring (bicyclic) bond motifs is 2.